The fourth-order valence-electron chi connectivity index (χ4n) is 0. The third-order valence-corrected chi connectivity index (χ3v) is 0. The van der Waals surface area contributed by atoms with Crippen molar-refractivity contribution in [3.63, 3.8) is 0 Å². The van der Waals surface area contributed by atoms with Gasteiger partial charge >= 0.3 is 123 Å². The Bertz CT molecular complexity index is 192. The van der Waals surface area contributed by atoms with E-state index in [0.29, 0.717) is 0 Å². The van der Waals surface area contributed by atoms with Crippen LogP contribution < -0.4 is 76.3 Å². The van der Waals surface area contributed by atoms with E-state index in [2.05, 4.69) is 0 Å². The van der Waals surface area contributed by atoms with Crippen LogP contribution in [0.5, 0.6) is 0 Å². The van der Waals surface area contributed by atoms with Crippen molar-refractivity contribution >= 4 is 84.2 Å². The zero-order valence-electron chi connectivity index (χ0n) is 16.3. The van der Waals surface area contributed by atoms with Gasteiger partial charge in [-0.05, 0) is 0 Å². The first-order chi connectivity index (χ1) is 6.93. The Morgan fingerprint density at radius 1 is 0.286 bits per heavy atom. The Kier molecular flexibility index (Phi) is 553. The summed E-state index contributed by atoms with van der Waals surface area (Å²) in [7, 11) is 0. The molecule has 0 amide bonds. The number of hydrogen-bond donors (Lipinski definition) is 8. The molecule has 0 aromatic heterocycles. The molecule has 28 heteroatoms. The monoisotopic (exact) mass is 900 g/mol. The van der Waals surface area contributed by atoms with Gasteiger partial charge < -0.3 is 49.2 Å². The van der Waals surface area contributed by atoms with Crippen LogP contribution in [0.3, 0.4) is 0 Å². The molecule has 0 heterocycles. The van der Waals surface area contributed by atoms with Gasteiger partial charge in [0.15, 0.2) is 0 Å². The molecule has 0 spiro atoms. The first-order valence-corrected chi connectivity index (χ1v) is 14.7. The molecule has 20 nitrogen and oxygen atoms in total. The molecule has 0 aromatic rings. The van der Waals surface area contributed by atoms with Crippen molar-refractivity contribution in [3.8, 4) is 0 Å². The zero-order chi connectivity index (χ0) is 14.3. The van der Waals surface area contributed by atoms with Gasteiger partial charge in [-0.25, -0.2) is 0 Å². The fourth-order valence-corrected chi connectivity index (χ4v) is 0. The molecule has 0 saturated carbocycles. The Labute approximate surface area is 189 Å². The summed E-state index contributed by atoms with van der Waals surface area (Å²) < 4.78 is 103. The summed E-state index contributed by atoms with van der Waals surface area (Å²) in [5, 5.41) is 0. The van der Waals surface area contributed by atoms with Gasteiger partial charge in [0.1, 0.15) is 0 Å². The summed E-state index contributed by atoms with van der Waals surface area (Å²) in [6.45, 7) is 0. The van der Waals surface area contributed by atoms with E-state index < -0.39 is 84.2 Å². The van der Waals surface area contributed by atoms with E-state index in [4.69, 9.17) is 39.2 Å². The summed E-state index contributed by atoms with van der Waals surface area (Å²) >= 11 is -16.8. The predicted octanol–water partition coefficient (Wildman–Crippen LogP) is -7.89. The normalized spacial score (nSPS) is 3.71. The quantitative estimate of drug-likeness (QED) is 0.0831. The van der Waals surface area contributed by atoms with Crippen LogP contribution in [0.15, 0.2) is 0 Å². The van der Waals surface area contributed by atoms with Crippen molar-refractivity contribution in [2.45, 2.75) is 0 Å². The molecule has 4 radical (unpaired) electrons. The van der Waals surface area contributed by atoms with Crippen LogP contribution in [0, 0.1) is 0 Å². The molecule has 0 aliphatic rings. The molecule has 0 bridgehead atoms. The molecule has 0 atom stereocenters. The van der Waals surface area contributed by atoms with E-state index >= 15 is 0 Å². The number of rotatable bonds is 0. The molecule has 0 unspecified atom stereocenters. The number of hydrogen-bond acceptors (Lipinski definition) is 12. The van der Waals surface area contributed by atoms with Gasteiger partial charge in [-0.2, -0.15) is 0 Å². The molecule has 0 aliphatic carbocycles. The predicted molar refractivity (Wildman–Crippen MR) is 83.7 cm³/mol. The summed E-state index contributed by atoms with van der Waals surface area (Å²) in [5.74, 6) is 0. The van der Waals surface area contributed by atoms with Crippen LogP contribution in [0.4, 0.5) is 18.8 Å². The number of quaternary nitrogens is 8. The molecule has 32 N–H and O–H groups in total. The second-order valence-corrected chi connectivity index (χ2v) is 6.00. The Balaban J connectivity index is -0.00000000429. The van der Waals surface area contributed by atoms with E-state index in [9.17, 15) is 0 Å². The summed E-state index contributed by atoms with van der Waals surface area (Å²) in [4.78, 5) is 0. The van der Waals surface area contributed by atoms with Gasteiger partial charge in [-0.15, -0.1) is 0 Å². The van der Waals surface area contributed by atoms with Gasteiger partial charge in [0.25, 0.3) is 0 Å². The molecular formula is H36F4N8O12Sb4. The van der Waals surface area contributed by atoms with Crippen molar-refractivity contribution in [3.05, 3.63) is 0 Å². The third-order valence-electron chi connectivity index (χ3n) is 0. The van der Waals surface area contributed by atoms with Gasteiger partial charge in [-0.1, -0.05) is 0 Å². The average molecular weight is 903 g/mol. The van der Waals surface area contributed by atoms with E-state index in [-0.39, 0.29) is 68.0 Å². The van der Waals surface area contributed by atoms with Crippen LogP contribution >= 0.6 is 0 Å². The van der Waals surface area contributed by atoms with Crippen LogP contribution in [-0.2, 0) is 12.1 Å². The topological polar surface area (TPSA) is 545 Å². The van der Waals surface area contributed by atoms with Crippen molar-refractivity contribution in [2.24, 2.45) is 0 Å². The Hall–Kier alpha value is 1.55. The van der Waals surface area contributed by atoms with Gasteiger partial charge in [-0.3, -0.25) is 18.8 Å². The van der Waals surface area contributed by atoms with Crippen molar-refractivity contribution in [1.82, 2.24) is 49.2 Å². The maximum atomic E-state index is 8.60. The number of halogens is 4. The minimum absolute atomic E-state index is 0. The summed E-state index contributed by atoms with van der Waals surface area (Å²) in [6, 6.07) is 0. The van der Waals surface area contributed by atoms with Gasteiger partial charge in [0.2, 0.25) is 0 Å². The maximum absolute atomic E-state index is 8.60. The zero-order valence-corrected chi connectivity index (χ0v) is 26.5. The molecule has 0 rings (SSSR count). The molecule has 0 saturated heterocycles. The third kappa shape index (κ3) is 8060. The second-order valence-electron chi connectivity index (χ2n) is 0.894. The van der Waals surface area contributed by atoms with E-state index in [1.165, 1.54) is 0 Å². The summed E-state index contributed by atoms with van der Waals surface area (Å²) in [6.07, 6.45) is 0. The van der Waals surface area contributed by atoms with E-state index in [0.717, 1.165) is 0 Å². The fraction of sp³-hybridized carbons (Fsp3) is 0. The second kappa shape index (κ2) is 118. The molecule has 0 aliphatic heterocycles. The van der Waals surface area contributed by atoms with Crippen molar-refractivity contribution in [2.75, 3.05) is 0 Å². The van der Waals surface area contributed by atoms with Crippen molar-refractivity contribution < 1.29 is 58.0 Å². The van der Waals surface area contributed by atoms with E-state index in [1.54, 1.807) is 0 Å². The molecule has 0 aromatic carbocycles. The standard InChI is InChI=1S/4FH.8H3N.12O.4Sb/h4*1H;8*1H3;;;;;;;;;;;;;;;;/q;;;;;;;;;;;;;;;;8*-1;;;;/p+8. The Morgan fingerprint density at radius 2 is 0.286 bits per heavy atom. The van der Waals surface area contributed by atoms with Crippen LogP contribution in [0.1, 0.15) is 0 Å². The minimum atomic E-state index is -4.20. The van der Waals surface area contributed by atoms with E-state index in [1.807, 2.05) is 0 Å². The Morgan fingerprint density at radius 3 is 0.286 bits per heavy atom. The molecule has 0 fully saturated rings. The van der Waals surface area contributed by atoms with Crippen molar-refractivity contribution in [1.29, 1.82) is 0 Å². The first-order valence-electron chi connectivity index (χ1n) is 2.19. The van der Waals surface area contributed by atoms with Crippen LogP contribution in [-0.4, -0.2) is 84.2 Å². The average Bonchev–Trinajstić information content (AvgIpc) is 1.76. The SMILES string of the molecule is F.F.F.F.[NH4+].[NH4+].[NH4+].[NH4+].[NH4+].[NH4+].[NH4+].[NH4+].[O]=[Sb]([O-])[O-].[O]=[Sb]([O-])[O-].[O]=[Sb]([O-])[O-].[O]=[Sb]([O-])[O-]. The van der Waals surface area contributed by atoms with Gasteiger partial charge in [0, 0.05) is 0 Å². The molecule has 196 valence electrons. The van der Waals surface area contributed by atoms with Gasteiger partial charge in [0.05, 0.1) is 0 Å². The molecular weight excluding hydrogens is 867 g/mol. The van der Waals surface area contributed by atoms with Crippen LogP contribution in [0.2, 0.25) is 0 Å². The van der Waals surface area contributed by atoms with Crippen LogP contribution in [0.25, 0.3) is 0 Å². The first kappa shape index (κ1) is 131. The summed E-state index contributed by atoms with van der Waals surface area (Å²) in [5.41, 5.74) is 0. The molecule has 28 heavy (non-hydrogen) atoms.